The van der Waals surface area contributed by atoms with E-state index in [1.165, 1.54) is 32.1 Å². The van der Waals surface area contributed by atoms with Gasteiger partial charge in [0.2, 0.25) is 11.9 Å². The van der Waals surface area contributed by atoms with E-state index in [1.807, 2.05) is 0 Å². The second-order valence-electron chi connectivity index (χ2n) is 6.28. The monoisotopic (exact) mass is 295 g/mol. The van der Waals surface area contributed by atoms with Gasteiger partial charge in [-0.15, -0.1) is 0 Å². The molecule has 0 unspecified atom stereocenters. The molecule has 0 saturated carbocycles. The molecule has 3 N–H and O–H groups in total. The zero-order valence-corrected chi connectivity index (χ0v) is 14.3. The van der Waals surface area contributed by atoms with Gasteiger partial charge in [0.15, 0.2) is 0 Å². The summed E-state index contributed by atoms with van der Waals surface area (Å²) >= 11 is 0. The van der Waals surface area contributed by atoms with Crippen molar-refractivity contribution in [2.24, 2.45) is 15.7 Å². The van der Waals surface area contributed by atoms with E-state index in [0.717, 1.165) is 25.9 Å². The normalized spacial score (nSPS) is 19.5. The van der Waals surface area contributed by atoms with Crippen LogP contribution in [0.1, 0.15) is 72.6 Å². The minimum absolute atomic E-state index is 0.220. The average molecular weight is 295 g/mol. The van der Waals surface area contributed by atoms with E-state index in [9.17, 15) is 0 Å². The number of rotatable bonds is 9. The molecule has 0 atom stereocenters. The Balaban J connectivity index is 2.49. The van der Waals surface area contributed by atoms with E-state index in [-0.39, 0.29) is 5.66 Å². The lowest BCUT2D eigenvalue weighted by molar-refractivity contribution is 0.182. The Morgan fingerprint density at radius 1 is 1.10 bits per heavy atom. The van der Waals surface area contributed by atoms with Crippen LogP contribution >= 0.6 is 0 Å². The number of hydrogen-bond acceptors (Lipinski definition) is 3. The molecule has 21 heavy (non-hydrogen) atoms. The third kappa shape index (κ3) is 5.94. The predicted molar refractivity (Wildman–Crippen MR) is 91.5 cm³/mol. The molecule has 0 saturated heterocycles. The summed E-state index contributed by atoms with van der Waals surface area (Å²) in [5.41, 5.74) is 5.91. The predicted octanol–water partition coefficient (Wildman–Crippen LogP) is 3.07. The van der Waals surface area contributed by atoms with Gasteiger partial charge >= 0.3 is 0 Å². The lowest BCUT2D eigenvalue weighted by Gasteiger charge is -2.43. The molecule has 1 aliphatic rings. The Morgan fingerprint density at radius 3 is 2.38 bits per heavy atom. The van der Waals surface area contributed by atoms with Crippen molar-refractivity contribution in [2.45, 2.75) is 78.3 Å². The van der Waals surface area contributed by atoms with E-state index in [2.05, 4.69) is 47.9 Å². The topological polar surface area (TPSA) is 66.0 Å². The molecule has 5 nitrogen and oxygen atoms in total. The number of nitrogens with zero attached hydrogens (tertiary/aromatic N) is 3. The van der Waals surface area contributed by atoms with Crippen LogP contribution in [0.5, 0.6) is 0 Å². The standard InChI is InChI=1S/C16H33N5/c1-5-7-8-9-10-11-13-21-14(17)19-15(18-12-6-2)20-16(21,3)4/h5-13H2,1-4H3,(H3,17,18,19,20). The fourth-order valence-corrected chi connectivity index (χ4v) is 2.56. The first-order valence-corrected chi connectivity index (χ1v) is 8.45. The van der Waals surface area contributed by atoms with Crippen LogP contribution in [0.25, 0.3) is 0 Å². The summed E-state index contributed by atoms with van der Waals surface area (Å²) in [6, 6.07) is 0. The summed E-state index contributed by atoms with van der Waals surface area (Å²) in [6.45, 7) is 10.3. The number of unbranched alkanes of at least 4 members (excludes halogenated alkanes) is 5. The number of guanidine groups is 2. The van der Waals surface area contributed by atoms with E-state index in [4.69, 9.17) is 5.73 Å². The van der Waals surface area contributed by atoms with Gasteiger partial charge in [-0.05, 0) is 26.7 Å². The van der Waals surface area contributed by atoms with Gasteiger partial charge < -0.3 is 16.0 Å². The molecule has 1 rings (SSSR count). The molecule has 0 aliphatic carbocycles. The second-order valence-corrected chi connectivity index (χ2v) is 6.28. The molecule has 122 valence electrons. The maximum atomic E-state index is 6.13. The highest BCUT2D eigenvalue weighted by Crippen LogP contribution is 2.16. The average Bonchev–Trinajstić information content (AvgIpc) is 2.42. The molecular formula is C16H33N5. The molecule has 0 amide bonds. The van der Waals surface area contributed by atoms with Crippen LogP contribution < -0.4 is 11.1 Å². The number of nitrogens with two attached hydrogens (primary N) is 1. The van der Waals surface area contributed by atoms with Crippen molar-refractivity contribution >= 4 is 11.9 Å². The molecule has 0 fully saturated rings. The molecule has 1 aliphatic heterocycles. The lowest BCUT2D eigenvalue weighted by Crippen LogP contribution is -2.64. The van der Waals surface area contributed by atoms with Crippen molar-refractivity contribution in [1.82, 2.24) is 10.2 Å². The van der Waals surface area contributed by atoms with Crippen molar-refractivity contribution in [1.29, 1.82) is 0 Å². The SMILES string of the molecule is CCCCCCCCN1C(N)=NC(=NCCC)NC1(C)C. The van der Waals surface area contributed by atoms with Crippen LogP contribution in [0.15, 0.2) is 9.98 Å². The summed E-state index contributed by atoms with van der Waals surface area (Å²) in [6.07, 6.45) is 8.73. The molecular weight excluding hydrogens is 262 g/mol. The van der Waals surface area contributed by atoms with Gasteiger partial charge in [0.05, 0.1) is 0 Å². The Kier molecular flexibility index (Phi) is 7.54. The maximum absolute atomic E-state index is 6.13. The maximum Gasteiger partial charge on any atom is 0.223 e. The van der Waals surface area contributed by atoms with Crippen LogP contribution in [-0.4, -0.2) is 35.6 Å². The largest absolute Gasteiger partial charge is 0.369 e. The molecule has 0 aromatic heterocycles. The molecule has 0 aromatic rings. The molecule has 0 spiro atoms. The van der Waals surface area contributed by atoms with Crippen LogP contribution in [-0.2, 0) is 0 Å². The van der Waals surface area contributed by atoms with Gasteiger partial charge in [-0.2, -0.15) is 4.99 Å². The summed E-state index contributed by atoms with van der Waals surface area (Å²) < 4.78 is 0. The van der Waals surface area contributed by atoms with Crippen molar-refractivity contribution in [3.05, 3.63) is 0 Å². The van der Waals surface area contributed by atoms with E-state index < -0.39 is 0 Å². The van der Waals surface area contributed by atoms with Gasteiger partial charge in [-0.1, -0.05) is 46.0 Å². The highest BCUT2D eigenvalue weighted by atomic mass is 15.4. The molecule has 0 radical (unpaired) electrons. The minimum atomic E-state index is -0.220. The summed E-state index contributed by atoms with van der Waals surface area (Å²) in [4.78, 5) is 11.0. The molecule has 5 heteroatoms. The zero-order valence-electron chi connectivity index (χ0n) is 14.3. The first-order valence-electron chi connectivity index (χ1n) is 8.45. The van der Waals surface area contributed by atoms with Crippen molar-refractivity contribution < 1.29 is 0 Å². The quantitative estimate of drug-likeness (QED) is 0.642. The van der Waals surface area contributed by atoms with Crippen molar-refractivity contribution in [3.63, 3.8) is 0 Å². The van der Waals surface area contributed by atoms with Crippen molar-refractivity contribution in [2.75, 3.05) is 13.1 Å². The Labute approximate surface area is 130 Å². The van der Waals surface area contributed by atoms with Gasteiger partial charge in [-0.3, -0.25) is 4.99 Å². The van der Waals surface area contributed by atoms with Crippen LogP contribution in [0, 0.1) is 0 Å². The lowest BCUT2D eigenvalue weighted by atomic mass is 10.1. The summed E-state index contributed by atoms with van der Waals surface area (Å²) in [5, 5.41) is 3.38. The van der Waals surface area contributed by atoms with E-state index >= 15 is 0 Å². The third-order valence-electron chi connectivity index (χ3n) is 3.81. The van der Waals surface area contributed by atoms with E-state index in [0.29, 0.717) is 11.9 Å². The Bertz CT molecular complexity index is 360. The van der Waals surface area contributed by atoms with Crippen LogP contribution in [0.4, 0.5) is 0 Å². The smallest absolute Gasteiger partial charge is 0.223 e. The van der Waals surface area contributed by atoms with Crippen LogP contribution in [0.2, 0.25) is 0 Å². The fraction of sp³-hybridized carbons (Fsp3) is 0.875. The first kappa shape index (κ1) is 17.8. The van der Waals surface area contributed by atoms with Gasteiger partial charge in [0.25, 0.3) is 0 Å². The highest BCUT2D eigenvalue weighted by Gasteiger charge is 2.32. The fourth-order valence-electron chi connectivity index (χ4n) is 2.56. The summed E-state index contributed by atoms with van der Waals surface area (Å²) in [7, 11) is 0. The number of hydrogen-bond donors (Lipinski definition) is 2. The number of nitrogens with one attached hydrogen (secondary N) is 1. The van der Waals surface area contributed by atoms with Gasteiger partial charge in [0, 0.05) is 13.1 Å². The highest BCUT2D eigenvalue weighted by molar-refractivity contribution is 5.97. The molecule has 0 bridgehead atoms. The first-order chi connectivity index (χ1) is 10.0. The Hall–Kier alpha value is -1.26. The second kappa shape index (κ2) is 8.90. The van der Waals surface area contributed by atoms with Crippen LogP contribution in [0.3, 0.4) is 0 Å². The number of aliphatic imine (C=N–C) groups is 2. The Morgan fingerprint density at radius 2 is 1.76 bits per heavy atom. The summed E-state index contributed by atoms with van der Waals surface area (Å²) in [5.74, 6) is 1.25. The molecule has 0 aromatic carbocycles. The van der Waals surface area contributed by atoms with Crippen molar-refractivity contribution in [3.8, 4) is 0 Å². The zero-order chi connectivity index (χ0) is 15.7. The molecule has 1 heterocycles. The minimum Gasteiger partial charge on any atom is -0.369 e. The third-order valence-corrected chi connectivity index (χ3v) is 3.81. The van der Waals surface area contributed by atoms with Gasteiger partial charge in [-0.25, -0.2) is 0 Å². The van der Waals surface area contributed by atoms with Gasteiger partial charge in [0.1, 0.15) is 5.66 Å². The van der Waals surface area contributed by atoms with E-state index in [1.54, 1.807) is 0 Å².